The van der Waals surface area contributed by atoms with Gasteiger partial charge in [-0.2, -0.15) is 0 Å². The fourth-order valence-corrected chi connectivity index (χ4v) is 4.50. The molecule has 3 aliphatic rings. The topological polar surface area (TPSA) is 75.2 Å². The van der Waals surface area contributed by atoms with E-state index in [4.69, 9.17) is 9.47 Å². The molecule has 1 aliphatic carbocycles. The minimum absolute atomic E-state index is 0.0191. The molecule has 1 atom stereocenters. The number of quaternary nitrogens is 1. The van der Waals surface area contributed by atoms with Crippen molar-refractivity contribution in [3.63, 3.8) is 0 Å². The van der Waals surface area contributed by atoms with Gasteiger partial charge in [0, 0.05) is 25.7 Å². The van der Waals surface area contributed by atoms with Crippen molar-refractivity contribution in [1.82, 2.24) is 0 Å². The van der Waals surface area contributed by atoms with Crippen LogP contribution in [0.3, 0.4) is 0 Å². The molecule has 6 heteroatoms. The van der Waals surface area contributed by atoms with Crippen LogP contribution in [0.5, 0.6) is 0 Å². The standard InChI is InChI=1S/C11H17NO4S/c13-9(14)8-7-17-10(12-8)1-3-11(4-2-10)15-5-6-16-11/h8,12H,1-7H2,(H,13,14)/t8-/m0/s1. The summed E-state index contributed by atoms with van der Waals surface area (Å²) in [6.45, 7) is 1.37. The molecule has 3 rings (SSSR count). The van der Waals surface area contributed by atoms with Crippen LogP contribution >= 0.6 is 11.8 Å². The first-order valence-corrected chi connectivity index (χ1v) is 7.11. The molecule has 0 radical (unpaired) electrons. The minimum Gasteiger partial charge on any atom is -0.544 e. The van der Waals surface area contributed by atoms with Gasteiger partial charge in [-0.3, -0.25) is 0 Å². The van der Waals surface area contributed by atoms with E-state index in [2.05, 4.69) is 0 Å². The number of carboxylic acid groups (broad SMARTS) is 1. The molecule has 2 N–H and O–H groups in total. The Labute approximate surface area is 104 Å². The van der Waals surface area contributed by atoms with Crippen LogP contribution in [0.2, 0.25) is 0 Å². The summed E-state index contributed by atoms with van der Waals surface area (Å²) in [5.41, 5.74) is 0. The molecule has 17 heavy (non-hydrogen) atoms. The van der Waals surface area contributed by atoms with Gasteiger partial charge in [0.05, 0.1) is 19.0 Å². The predicted octanol–water partition coefficient (Wildman–Crippen LogP) is -1.57. The lowest BCUT2D eigenvalue weighted by Gasteiger charge is -2.39. The van der Waals surface area contributed by atoms with Crippen LogP contribution in [-0.2, 0) is 14.3 Å². The summed E-state index contributed by atoms with van der Waals surface area (Å²) >= 11 is 1.76. The maximum atomic E-state index is 10.9. The summed E-state index contributed by atoms with van der Waals surface area (Å²) < 4.78 is 11.4. The molecule has 2 aliphatic heterocycles. The van der Waals surface area contributed by atoms with Gasteiger partial charge in [-0.05, 0) is 0 Å². The first-order valence-electron chi connectivity index (χ1n) is 6.12. The molecule has 5 nitrogen and oxygen atoms in total. The highest BCUT2D eigenvalue weighted by Crippen LogP contribution is 2.44. The number of ether oxygens (including phenoxy) is 2. The zero-order chi connectivity index (χ0) is 11.9. The van der Waals surface area contributed by atoms with Gasteiger partial charge in [-0.25, -0.2) is 0 Å². The number of aliphatic carboxylic acids is 1. The molecule has 1 saturated carbocycles. The largest absolute Gasteiger partial charge is 0.544 e. The number of carbonyl (C=O) groups excluding carboxylic acids is 1. The van der Waals surface area contributed by atoms with Crippen molar-refractivity contribution < 1.29 is 24.7 Å². The van der Waals surface area contributed by atoms with E-state index in [0.29, 0.717) is 19.0 Å². The van der Waals surface area contributed by atoms with Gasteiger partial charge in [-0.15, -0.1) is 0 Å². The second-order valence-corrected chi connectivity index (χ2v) is 6.51. The molecule has 96 valence electrons. The van der Waals surface area contributed by atoms with Crippen LogP contribution in [0.1, 0.15) is 25.7 Å². The zero-order valence-electron chi connectivity index (χ0n) is 9.65. The number of nitrogens with two attached hydrogens (primary N) is 1. The van der Waals surface area contributed by atoms with Crippen LogP contribution in [0, 0.1) is 0 Å². The van der Waals surface area contributed by atoms with Gasteiger partial charge in [0.25, 0.3) is 0 Å². The van der Waals surface area contributed by atoms with E-state index in [1.54, 1.807) is 11.8 Å². The summed E-state index contributed by atoms with van der Waals surface area (Å²) in [5, 5.41) is 12.9. The van der Waals surface area contributed by atoms with E-state index >= 15 is 0 Å². The van der Waals surface area contributed by atoms with Crippen LogP contribution in [-0.4, -0.2) is 41.6 Å². The van der Waals surface area contributed by atoms with E-state index in [1.165, 1.54) is 0 Å². The molecule has 0 unspecified atom stereocenters. The van der Waals surface area contributed by atoms with Crippen molar-refractivity contribution >= 4 is 17.7 Å². The summed E-state index contributed by atoms with van der Waals surface area (Å²) in [5.74, 6) is -0.654. The number of hydrogen-bond acceptors (Lipinski definition) is 5. The van der Waals surface area contributed by atoms with Crippen LogP contribution in [0.25, 0.3) is 0 Å². The summed E-state index contributed by atoms with van der Waals surface area (Å²) in [6, 6.07) is -0.389. The zero-order valence-corrected chi connectivity index (χ0v) is 10.5. The number of carbonyl (C=O) groups is 1. The fraction of sp³-hybridized carbons (Fsp3) is 0.909. The average Bonchev–Trinajstić information content (AvgIpc) is 2.91. The molecule has 0 aromatic carbocycles. The molecule has 2 spiro atoms. The van der Waals surface area contributed by atoms with Crippen LogP contribution in [0.15, 0.2) is 0 Å². The first kappa shape index (κ1) is 11.8. The summed E-state index contributed by atoms with van der Waals surface area (Å²) in [6.07, 6.45) is 3.63. The SMILES string of the molecule is O=C([O-])[C@@H]1CSC2(CCC3(CC2)OCCO3)[NH2+]1. The number of hydrogen-bond donors (Lipinski definition) is 1. The maximum absolute atomic E-state index is 10.9. The van der Waals surface area contributed by atoms with Gasteiger partial charge in [-0.1, -0.05) is 11.8 Å². The average molecular weight is 259 g/mol. The van der Waals surface area contributed by atoms with Crippen molar-refractivity contribution in [3.05, 3.63) is 0 Å². The van der Waals surface area contributed by atoms with Gasteiger partial charge in [0.1, 0.15) is 16.9 Å². The third-order valence-corrected chi connectivity index (χ3v) is 5.67. The summed E-state index contributed by atoms with van der Waals surface area (Å²) in [4.78, 5) is 10.9. The smallest absolute Gasteiger partial charge is 0.169 e. The Morgan fingerprint density at radius 2 is 1.88 bits per heavy atom. The lowest BCUT2D eigenvalue weighted by atomic mass is 9.89. The van der Waals surface area contributed by atoms with Crippen molar-refractivity contribution in [3.8, 4) is 0 Å². The predicted molar refractivity (Wildman–Crippen MR) is 59.0 cm³/mol. The molecule has 2 saturated heterocycles. The second kappa shape index (κ2) is 4.12. The Morgan fingerprint density at radius 1 is 1.24 bits per heavy atom. The molecular formula is C11H17NO4S. The third-order valence-electron chi connectivity index (χ3n) is 4.03. The van der Waals surface area contributed by atoms with Crippen molar-refractivity contribution in [2.75, 3.05) is 19.0 Å². The Hall–Kier alpha value is -0.300. The lowest BCUT2D eigenvalue weighted by molar-refractivity contribution is -0.720. The Bertz CT molecular complexity index is 319. The molecular weight excluding hydrogens is 242 g/mol. The van der Waals surface area contributed by atoms with E-state index in [-0.39, 0.29) is 16.7 Å². The Balaban J connectivity index is 1.63. The molecule has 0 amide bonds. The van der Waals surface area contributed by atoms with E-state index in [1.807, 2.05) is 5.32 Å². The normalized spacial score (nSPS) is 34.5. The Kier molecular flexibility index (Phi) is 2.85. The molecule has 2 heterocycles. The van der Waals surface area contributed by atoms with E-state index in [0.717, 1.165) is 25.7 Å². The Morgan fingerprint density at radius 3 is 2.41 bits per heavy atom. The number of thioether (sulfide) groups is 1. The lowest BCUT2D eigenvalue weighted by Crippen LogP contribution is -2.99. The highest BCUT2D eigenvalue weighted by molar-refractivity contribution is 8.00. The van der Waals surface area contributed by atoms with Crippen molar-refractivity contribution in [2.24, 2.45) is 0 Å². The minimum atomic E-state index is -0.942. The molecule has 0 aromatic rings. The van der Waals surface area contributed by atoms with Gasteiger partial charge < -0.3 is 24.7 Å². The van der Waals surface area contributed by atoms with E-state index < -0.39 is 5.97 Å². The van der Waals surface area contributed by atoms with Crippen molar-refractivity contribution in [2.45, 2.75) is 42.4 Å². The second-order valence-electron chi connectivity index (χ2n) is 5.08. The van der Waals surface area contributed by atoms with Gasteiger partial charge >= 0.3 is 0 Å². The maximum Gasteiger partial charge on any atom is 0.169 e. The number of carboxylic acids is 1. The molecule has 0 bridgehead atoms. The number of rotatable bonds is 1. The van der Waals surface area contributed by atoms with Gasteiger partial charge in [0.2, 0.25) is 0 Å². The third kappa shape index (κ3) is 2.07. The first-order chi connectivity index (χ1) is 8.13. The summed E-state index contributed by atoms with van der Waals surface area (Å²) in [7, 11) is 0. The van der Waals surface area contributed by atoms with E-state index in [9.17, 15) is 9.90 Å². The highest BCUT2D eigenvalue weighted by atomic mass is 32.2. The fourth-order valence-electron chi connectivity index (χ4n) is 3.01. The molecule has 3 fully saturated rings. The monoisotopic (exact) mass is 259 g/mol. The van der Waals surface area contributed by atoms with Gasteiger partial charge in [0.15, 0.2) is 5.79 Å². The highest BCUT2D eigenvalue weighted by Gasteiger charge is 2.52. The van der Waals surface area contributed by atoms with Crippen LogP contribution in [0.4, 0.5) is 0 Å². The molecule has 0 aromatic heterocycles. The van der Waals surface area contributed by atoms with Crippen LogP contribution < -0.4 is 10.4 Å². The van der Waals surface area contributed by atoms with Crippen molar-refractivity contribution in [1.29, 1.82) is 0 Å². The quantitative estimate of drug-likeness (QED) is 0.616.